The number of piperidine rings is 1. The van der Waals surface area contributed by atoms with Crippen molar-refractivity contribution < 1.29 is 4.79 Å². The van der Waals surface area contributed by atoms with Crippen LogP contribution in [-0.2, 0) is 11.3 Å². The van der Waals surface area contributed by atoms with E-state index in [1.165, 1.54) is 18.4 Å². The van der Waals surface area contributed by atoms with Crippen LogP contribution in [0, 0.1) is 11.8 Å². The van der Waals surface area contributed by atoms with Crippen molar-refractivity contribution in [1.29, 1.82) is 0 Å². The van der Waals surface area contributed by atoms with Crippen LogP contribution >= 0.6 is 0 Å². The van der Waals surface area contributed by atoms with Gasteiger partial charge in [0.05, 0.1) is 0 Å². The molecule has 21 heavy (non-hydrogen) atoms. The van der Waals surface area contributed by atoms with Crippen molar-refractivity contribution in [1.82, 2.24) is 4.90 Å². The molecule has 1 aromatic rings. The number of carbonyl (C=O) groups is 1. The Balaban J connectivity index is 1.63. The van der Waals surface area contributed by atoms with Crippen molar-refractivity contribution in [2.45, 2.75) is 64.6 Å². The highest BCUT2D eigenvalue weighted by Crippen LogP contribution is 2.40. The molecule has 2 fully saturated rings. The van der Waals surface area contributed by atoms with Crippen LogP contribution in [0.25, 0.3) is 0 Å². The predicted molar refractivity (Wildman–Crippen MR) is 86.0 cm³/mol. The summed E-state index contributed by atoms with van der Waals surface area (Å²) in [6.07, 6.45) is 5.51. The zero-order valence-electron chi connectivity index (χ0n) is 13.3. The van der Waals surface area contributed by atoms with Gasteiger partial charge in [-0.25, -0.2) is 0 Å². The summed E-state index contributed by atoms with van der Waals surface area (Å²) >= 11 is 0. The van der Waals surface area contributed by atoms with Gasteiger partial charge in [0.2, 0.25) is 0 Å². The summed E-state index contributed by atoms with van der Waals surface area (Å²) < 4.78 is 0. The highest BCUT2D eigenvalue weighted by molar-refractivity contribution is 5.81. The molecule has 2 heterocycles. The number of rotatable bonds is 5. The van der Waals surface area contributed by atoms with Gasteiger partial charge < -0.3 is 0 Å². The molecule has 2 unspecified atom stereocenters. The van der Waals surface area contributed by atoms with Gasteiger partial charge in [-0.15, -0.1) is 0 Å². The Morgan fingerprint density at radius 3 is 2.33 bits per heavy atom. The molecule has 0 spiro atoms. The van der Waals surface area contributed by atoms with Crippen molar-refractivity contribution in [3.05, 3.63) is 35.9 Å². The van der Waals surface area contributed by atoms with Gasteiger partial charge in [-0.3, -0.25) is 9.69 Å². The Labute approximate surface area is 128 Å². The summed E-state index contributed by atoms with van der Waals surface area (Å²) in [5.41, 5.74) is 1.40. The number of ketones is 1. The lowest BCUT2D eigenvalue weighted by atomic mass is 9.84. The van der Waals surface area contributed by atoms with E-state index in [1.807, 2.05) is 0 Å². The zero-order valence-corrected chi connectivity index (χ0v) is 13.3. The number of hydrogen-bond acceptors (Lipinski definition) is 2. The maximum absolute atomic E-state index is 12.4. The SMILES string of the molecule is CC(C)CC(=O)C1CC2CCC(C1)N2Cc1ccccc1. The summed E-state index contributed by atoms with van der Waals surface area (Å²) in [7, 11) is 0. The van der Waals surface area contributed by atoms with Gasteiger partial charge in [-0.2, -0.15) is 0 Å². The van der Waals surface area contributed by atoms with E-state index in [2.05, 4.69) is 49.1 Å². The van der Waals surface area contributed by atoms with Crippen LogP contribution in [0.2, 0.25) is 0 Å². The van der Waals surface area contributed by atoms with E-state index >= 15 is 0 Å². The highest BCUT2D eigenvalue weighted by atomic mass is 16.1. The molecule has 0 aliphatic carbocycles. The zero-order chi connectivity index (χ0) is 14.8. The molecule has 114 valence electrons. The molecule has 2 saturated heterocycles. The Kier molecular flexibility index (Phi) is 4.44. The van der Waals surface area contributed by atoms with Gasteiger partial charge in [-0.1, -0.05) is 44.2 Å². The lowest BCUT2D eigenvalue weighted by Gasteiger charge is -2.38. The molecular formula is C19H27NO. The summed E-state index contributed by atoms with van der Waals surface area (Å²) in [5.74, 6) is 1.34. The number of hydrogen-bond donors (Lipinski definition) is 0. The van der Waals surface area contributed by atoms with Gasteiger partial charge in [-0.05, 0) is 37.2 Å². The average molecular weight is 285 g/mol. The maximum atomic E-state index is 12.4. The fraction of sp³-hybridized carbons (Fsp3) is 0.632. The summed E-state index contributed by atoms with van der Waals surface area (Å²) in [4.78, 5) is 15.0. The van der Waals surface area contributed by atoms with Crippen LogP contribution in [0.4, 0.5) is 0 Å². The number of nitrogens with zero attached hydrogens (tertiary/aromatic N) is 1. The highest BCUT2D eigenvalue weighted by Gasteiger charge is 2.42. The second kappa shape index (κ2) is 6.31. The van der Waals surface area contributed by atoms with Crippen LogP contribution < -0.4 is 0 Å². The van der Waals surface area contributed by atoms with Gasteiger partial charge in [0, 0.05) is 31.0 Å². The third kappa shape index (κ3) is 3.37. The standard InChI is InChI=1S/C19H27NO/c1-14(2)10-19(21)16-11-17-8-9-18(12-16)20(17)13-15-6-4-3-5-7-15/h3-7,14,16-18H,8-13H2,1-2H3. The van der Waals surface area contributed by atoms with Crippen molar-refractivity contribution in [2.24, 2.45) is 11.8 Å². The summed E-state index contributed by atoms with van der Waals surface area (Å²) in [6.45, 7) is 5.36. The minimum absolute atomic E-state index is 0.330. The number of Topliss-reactive ketones (excluding diaryl/α,β-unsaturated/α-hetero) is 1. The lowest BCUT2D eigenvalue weighted by molar-refractivity contribution is -0.126. The first-order valence-corrected chi connectivity index (χ1v) is 8.46. The fourth-order valence-corrected chi connectivity index (χ4v) is 4.16. The summed E-state index contributed by atoms with van der Waals surface area (Å²) in [5, 5.41) is 0. The van der Waals surface area contributed by atoms with E-state index in [-0.39, 0.29) is 0 Å². The molecule has 1 aromatic carbocycles. The van der Waals surface area contributed by atoms with E-state index in [9.17, 15) is 4.79 Å². The van der Waals surface area contributed by atoms with Gasteiger partial charge in [0.15, 0.2) is 0 Å². The van der Waals surface area contributed by atoms with E-state index in [4.69, 9.17) is 0 Å². The van der Waals surface area contributed by atoms with E-state index in [0.717, 1.165) is 25.8 Å². The van der Waals surface area contributed by atoms with Crippen LogP contribution in [-0.4, -0.2) is 22.8 Å². The van der Waals surface area contributed by atoms with Crippen molar-refractivity contribution in [2.75, 3.05) is 0 Å². The molecule has 0 saturated carbocycles. The molecule has 2 heteroatoms. The Bertz CT molecular complexity index is 468. The van der Waals surface area contributed by atoms with Crippen LogP contribution in [0.1, 0.15) is 51.5 Å². The first-order valence-electron chi connectivity index (χ1n) is 8.46. The monoisotopic (exact) mass is 285 g/mol. The van der Waals surface area contributed by atoms with E-state index in [1.54, 1.807) is 0 Å². The van der Waals surface area contributed by atoms with Crippen LogP contribution in [0.5, 0.6) is 0 Å². The smallest absolute Gasteiger partial charge is 0.136 e. The molecule has 2 aliphatic heterocycles. The Morgan fingerprint density at radius 1 is 1.14 bits per heavy atom. The van der Waals surface area contributed by atoms with Crippen LogP contribution in [0.3, 0.4) is 0 Å². The minimum atomic E-state index is 0.330. The molecular weight excluding hydrogens is 258 g/mol. The molecule has 2 nitrogen and oxygen atoms in total. The van der Waals surface area contributed by atoms with Crippen molar-refractivity contribution >= 4 is 5.78 Å². The third-order valence-electron chi connectivity index (χ3n) is 5.16. The lowest BCUT2D eigenvalue weighted by Crippen LogP contribution is -2.44. The first-order chi connectivity index (χ1) is 10.1. The van der Waals surface area contributed by atoms with Crippen molar-refractivity contribution in [3.63, 3.8) is 0 Å². The number of carbonyl (C=O) groups excluding carboxylic acids is 1. The minimum Gasteiger partial charge on any atom is -0.299 e. The predicted octanol–water partition coefficient (Wildman–Crippen LogP) is 4.04. The van der Waals surface area contributed by atoms with E-state index in [0.29, 0.717) is 29.7 Å². The first kappa shape index (κ1) is 14.8. The largest absolute Gasteiger partial charge is 0.299 e. The normalized spacial score (nSPS) is 29.0. The Hall–Kier alpha value is -1.15. The average Bonchev–Trinajstić information content (AvgIpc) is 2.70. The molecule has 3 rings (SSSR count). The van der Waals surface area contributed by atoms with E-state index < -0.39 is 0 Å². The molecule has 0 radical (unpaired) electrons. The molecule has 2 aliphatic rings. The molecule has 2 atom stereocenters. The summed E-state index contributed by atoms with van der Waals surface area (Å²) in [6, 6.07) is 12.0. The number of fused-ring (bicyclic) bond motifs is 2. The van der Waals surface area contributed by atoms with Crippen molar-refractivity contribution in [3.8, 4) is 0 Å². The second-order valence-corrected chi connectivity index (χ2v) is 7.28. The second-order valence-electron chi connectivity index (χ2n) is 7.28. The molecule has 0 amide bonds. The van der Waals surface area contributed by atoms with Gasteiger partial charge in [0.1, 0.15) is 5.78 Å². The maximum Gasteiger partial charge on any atom is 0.136 e. The fourth-order valence-electron chi connectivity index (χ4n) is 4.16. The quantitative estimate of drug-likeness (QED) is 0.813. The van der Waals surface area contributed by atoms with Gasteiger partial charge in [0.25, 0.3) is 0 Å². The molecule has 0 N–H and O–H groups in total. The Morgan fingerprint density at radius 2 is 1.76 bits per heavy atom. The molecule has 2 bridgehead atoms. The topological polar surface area (TPSA) is 20.3 Å². The van der Waals surface area contributed by atoms with Crippen LogP contribution in [0.15, 0.2) is 30.3 Å². The third-order valence-corrected chi connectivity index (χ3v) is 5.16. The van der Waals surface area contributed by atoms with Gasteiger partial charge >= 0.3 is 0 Å². The molecule has 0 aromatic heterocycles. The number of benzene rings is 1.